The van der Waals surface area contributed by atoms with Gasteiger partial charge in [-0.25, -0.2) is 0 Å². The topological polar surface area (TPSA) is 67.9 Å². The molecule has 23 heavy (non-hydrogen) atoms. The van der Waals surface area contributed by atoms with E-state index in [0.717, 1.165) is 14.8 Å². The molecule has 0 atom stereocenters. The number of allylic oxidation sites excluding steroid dienone is 1. The second kappa shape index (κ2) is 6.23. The number of nitriles is 2. The summed E-state index contributed by atoms with van der Waals surface area (Å²) in [6.45, 7) is 0.403. The minimum absolute atomic E-state index is 0.146. The third-order valence-corrected chi connectivity index (χ3v) is 4.30. The van der Waals surface area contributed by atoms with Gasteiger partial charge in [0.25, 0.3) is 5.91 Å². The first-order valence-electron chi connectivity index (χ1n) is 6.86. The van der Waals surface area contributed by atoms with Crippen LogP contribution in [0.4, 0.5) is 5.69 Å². The number of nitrogens with zero attached hydrogens (tertiary/aromatic N) is 3. The summed E-state index contributed by atoms with van der Waals surface area (Å²) in [4.78, 5) is 14.4. The van der Waals surface area contributed by atoms with Gasteiger partial charge in [-0.2, -0.15) is 10.5 Å². The first kappa shape index (κ1) is 15.3. The van der Waals surface area contributed by atoms with Crippen molar-refractivity contribution in [3.63, 3.8) is 0 Å². The summed E-state index contributed by atoms with van der Waals surface area (Å²) < 4.78 is 1.09. The lowest BCUT2D eigenvalue weighted by atomic mass is 10.0. The van der Waals surface area contributed by atoms with Gasteiger partial charge in [-0.1, -0.05) is 30.3 Å². The highest BCUT2D eigenvalue weighted by molar-refractivity contribution is 14.1. The minimum atomic E-state index is -0.303. The lowest BCUT2D eigenvalue weighted by molar-refractivity contribution is -0.113. The Morgan fingerprint density at radius 2 is 1.83 bits per heavy atom. The van der Waals surface area contributed by atoms with Gasteiger partial charge in [0.05, 0.1) is 17.8 Å². The summed E-state index contributed by atoms with van der Waals surface area (Å²) in [7, 11) is 0. The van der Waals surface area contributed by atoms with E-state index < -0.39 is 0 Å². The van der Waals surface area contributed by atoms with Crippen molar-refractivity contribution < 1.29 is 4.79 Å². The van der Waals surface area contributed by atoms with Gasteiger partial charge < -0.3 is 4.90 Å². The van der Waals surface area contributed by atoms with Gasteiger partial charge in [-0.3, -0.25) is 4.79 Å². The third kappa shape index (κ3) is 2.71. The third-order valence-electron chi connectivity index (χ3n) is 3.63. The predicted octanol–water partition coefficient (Wildman–Crippen LogP) is 3.64. The highest BCUT2D eigenvalue weighted by atomic mass is 127. The molecule has 0 fully saturated rings. The molecule has 5 heteroatoms. The molecule has 2 aromatic carbocycles. The van der Waals surface area contributed by atoms with Crippen molar-refractivity contribution in [2.75, 3.05) is 4.90 Å². The number of carbonyl (C=O) groups is 1. The molecule has 110 valence electrons. The van der Waals surface area contributed by atoms with Gasteiger partial charge in [0.2, 0.25) is 0 Å². The molecule has 1 heterocycles. The predicted molar refractivity (Wildman–Crippen MR) is 94.9 cm³/mol. The Morgan fingerprint density at radius 3 is 2.52 bits per heavy atom. The summed E-state index contributed by atoms with van der Waals surface area (Å²) in [5.74, 6) is -0.303. The van der Waals surface area contributed by atoms with Crippen LogP contribution in [0.5, 0.6) is 0 Å². The lowest BCUT2D eigenvalue weighted by Gasteiger charge is -2.17. The van der Waals surface area contributed by atoms with Gasteiger partial charge in [0.1, 0.15) is 17.7 Å². The molecule has 3 rings (SSSR count). The molecule has 1 aliphatic rings. The number of benzene rings is 2. The fraction of sp³-hybridized carbons (Fsp3) is 0.0556. The van der Waals surface area contributed by atoms with E-state index in [1.807, 2.05) is 48.5 Å². The fourth-order valence-electron chi connectivity index (χ4n) is 2.63. The number of carbonyl (C=O) groups excluding carboxylic acids is 1. The average Bonchev–Trinajstić information content (AvgIpc) is 2.83. The van der Waals surface area contributed by atoms with Crippen LogP contribution >= 0.6 is 22.6 Å². The van der Waals surface area contributed by atoms with Crippen LogP contribution in [0.15, 0.2) is 54.1 Å². The number of amides is 1. The number of hydrogen-bond acceptors (Lipinski definition) is 3. The molecule has 0 radical (unpaired) electrons. The molecule has 4 nitrogen and oxygen atoms in total. The van der Waals surface area contributed by atoms with Gasteiger partial charge >= 0.3 is 0 Å². The Balaban J connectivity index is 2.10. The number of rotatable bonds is 2. The smallest absolute Gasteiger partial charge is 0.261 e. The number of fused-ring (bicyclic) bond motifs is 1. The van der Waals surface area contributed by atoms with Gasteiger partial charge in [-0.15, -0.1) is 0 Å². The summed E-state index contributed by atoms with van der Waals surface area (Å²) in [6.07, 6.45) is 0. The van der Waals surface area contributed by atoms with Crippen LogP contribution in [0, 0.1) is 26.2 Å². The van der Waals surface area contributed by atoms with E-state index >= 15 is 0 Å². The zero-order chi connectivity index (χ0) is 16.4. The number of hydrogen-bond donors (Lipinski definition) is 0. The molecular formula is C18H10IN3O. The second-order valence-electron chi connectivity index (χ2n) is 5.01. The van der Waals surface area contributed by atoms with E-state index in [1.165, 1.54) is 0 Å². The molecule has 0 saturated heterocycles. The van der Waals surface area contributed by atoms with Crippen LogP contribution in [0.25, 0.3) is 5.57 Å². The minimum Gasteiger partial charge on any atom is -0.303 e. The van der Waals surface area contributed by atoms with E-state index in [9.17, 15) is 4.79 Å². The molecule has 0 unspecified atom stereocenters. The molecule has 0 aromatic heterocycles. The van der Waals surface area contributed by atoms with Crippen LogP contribution in [0.1, 0.15) is 11.1 Å². The average molecular weight is 411 g/mol. The number of anilines is 1. The van der Waals surface area contributed by atoms with Gasteiger partial charge in [-0.05, 0) is 46.4 Å². The summed E-state index contributed by atoms with van der Waals surface area (Å²) in [5, 5.41) is 18.3. The maximum atomic E-state index is 12.8. The van der Waals surface area contributed by atoms with Crippen molar-refractivity contribution in [2.45, 2.75) is 6.54 Å². The summed E-state index contributed by atoms with van der Waals surface area (Å²) in [6, 6.07) is 18.8. The Morgan fingerprint density at radius 1 is 1.09 bits per heavy atom. The number of halogens is 1. The van der Waals surface area contributed by atoms with E-state index in [2.05, 4.69) is 22.6 Å². The van der Waals surface area contributed by atoms with Crippen molar-refractivity contribution >= 4 is 39.8 Å². The van der Waals surface area contributed by atoms with Gasteiger partial charge in [0, 0.05) is 9.13 Å². The maximum Gasteiger partial charge on any atom is 0.261 e. The molecule has 0 bridgehead atoms. The quantitative estimate of drug-likeness (QED) is 0.431. The van der Waals surface area contributed by atoms with Crippen LogP contribution < -0.4 is 4.90 Å². The van der Waals surface area contributed by atoms with Crippen molar-refractivity contribution in [1.29, 1.82) is 10.5 Å². The molecule has 1 amide bonds. The first-order valence-corrected chi connectivity index (χ1v) is 7.93. The van der Waals surface area contributed by atoms with E-state index in [1.54, 1.807) is 17.0 Å². The Kier molecular flexibility index (Phi) is 4.14. The fourth-order valence-corrected chi connectivity index (χ4v) is 3.24. The monoisotopic (exact) mass is 411 g/mol. The molecule has 2 aromatic rings. The Hall–Kier alpha value is -2.64. The van der Waals surface area contributed by atoms with Crippen molar-refractivity contribution in [2.24, 2.45) is 0 Å². The van der Waals surface area contributed by atoms with Crippen molar-refractivity contribution in [3.8, 4) is 12.1 Å². The molecule has 0 aliphatic carbocycles. The largest absolute Gasteiger partial charge is 0.303 e. The van der Waals surface area contributed by atoms with E-state index in [4.69, 9.17) is 10.5 Å². The molecular weight excluding hydrogens is 401 g/mol. The van der Waals surface area contributed by atoms with Crippen LogP contribution in [0.2, 0.25) is 0 Å². The second-order valence-corrected chi connectivity index (χ2v) is 6.26. The van der Waals surface area contributed by atoms with E-state index in [0.29, 0.717) is 12.1 Å². The molecule has 0 N–H and O–H groups in total. The highest BCUT2D eigenvalue weighted by Crippen LogP contribution is 2.39. The Bertz CT molecular complexity index is 902. The lowest BCUT2D eigenvalue weighted by Crippen LogP contribution is -2.26. The van der Waals surface area contributed by atoms with Crippen LogP contribution in [0.3, 0.4) is 0 Å². The standard InChI is InChI=1S/C18H10IN3O/c19-14-5-3-4-12(8-14)11-22-16-7-2-1-6-15(16)17(18(22)23)13(9-20)10-21/h1-8H,11H2. The zero-order valence-electron chi connectivity index (χ0n) is 12.0. The Labute approximate surface area is 147 Å². The van der Waals surface area contributed by atoms with Crippen LogP contribution in [-0.2, 0) is 11.3 Å². The normalized spacial score (nSPS) is 12.6. The maximum absolute atomic E-state index is 12.8. The molecule has 0 saturated carbocycles. The van der Waals surface area contributed by atoms with Crippen molar-refractivity contribution in [1.82, 2.24) is 0 Å². The molecule has 0 spiro atoms. The van der Waals surface area contributed by atoms with Crippen LogP contribution in [-0.4, -0.2) is 5.91 Å². The highest BCUT2D eigenvalue weighted by Gasteiger charge is 2.34. The first-order chi connectivity index (χ1) is 11.2. The summed E-state index contributed by atoms with van der Waals surface area (Å²) >= 11 is 2.23. The van der Waals surface area contributed by atoms with Crippen molar-refractivity contribution in [3.05, 3.63) is 68.8 Å². The zero-order valence-corrected chi connectivity index (χ0v) is 14.1. The SMILES string of the molecule is N#CC(C#N)=C1C(=O)N(Cc2cccc(I)c2)c2ccccc21. The van der Waals surface area contributed by atoms with Gasteiger partial charge in [0.15, 0.2) is 0 Å². The summed E-state index contributed by atoms with van der Waals surface area (Å²) in [5.41, 5.74) is 2.41. The number of para-hydroxylation sites is 1. The molecule has 1 aliphatic heterocycles. The van der Waals surface area contributed by atoms with E-state index in [-0.39, 0.29) is 17.1 Å².